The number of rotatable bonds is 13. The van der Waals surface area contributed by atoms with Crippen molar-refractivity contribution in [3.8, 4) is 5.75 Å². The van der Waals surface area contributed by atoms with Gasteiger partial charge in [0.05, 0.1) is 0 Å². The predicted molar refractivity (Wildman–Crippen MR) is 119 cm³/mol. The van der Waals surface area contributed by atoms with Crippen LogP contribution in [0.3, 0.4) is 0 Å². The first kappa shape index (κ1) is 23.7. The van der Waals surface area contributed by atoms with Crippen molar-refractivity contribution in [1.82, 2.24) is 10.6 Å². The first-order valence-corrected chi connectivity index (χ1v) is 11.2. The van der Waals surface area contributed by atoms with Crippen LogP contribution in [0.5, 0.6) is 5.75 Å². The van der Waals surface area contributed by atoms with E-state index in [1.54, 1.807) is 24.3 Å². The number of halogens is 1. The van der Waals surface area contributed by atoms with E-state index in [0.717, 1.165) is 58.4 Å². The zero-order valence-electron chi connectivity index (χ0n) is 17.3. The van der Waals surface area contributed by atoms with E-state index >= 15 is 0 Å². The highest BCUT2D eigenvalue weighted by Crippen LogP contribution is 2.28. The number of carbonyl (C=O) groups is 1. The zero-order chi connectivity index (χ0) is 20.7. The van der Waals surface area contributed by atoms with Gasteiger partial charge in [0.25, 0.3) is 0 Å². The summed E-state index contributed by atoms with van der Waals surface area (Å²) in [6.07, 6.45) is 9.41. The first-order chi connectivity index (χ1) is 14.2. The molecule has 0 aromatic heterocycles. The summed E-state index contributed by atoms with van der Waals surface area (Å²) in [5, 5.41) is 6.89. The minimum atomic E-state index is -0.406. The minimum Gasteiger partial charge on any atom is -0.410 e. The maximum Gasteiger partial charge on any atom is 0.412 e. The molecule has 162 valence electrons. The monoisotopic (exact) mass is 422 g/mol. The largest absolute Gasteiger partial charge is 0.412 e. The van der Waals surface area contributed by atoms with Gasteiger partial charge < -0.3 is 20.1 Å². The normalized spacial score (nSPS) is 18.9. The molecular weight excluding hydrogens is 388 g/mol. The fourth-order valence-electron chi connectivity index (χ4n) is 3.51. The summed E-state index contributed by atoms with van der Waals surface area (Å²) in [6, 6.07) is 6.78. The molecule has 1 saturated carbocycles. The summed E-state index contributed by atoms with van der Waals surface area (Å²) in [7, 11) is 0. The second kappa shape index (κ2) is 14.4. The summed E-state index contributed by atoms with van der Waals surface area (Å²) in [6.45, 7) is 8.16. The molecule has 2 N–H and O–H groups in total. The van der Waals surface area contributed by atoms with E-state index in [0.29, 0.717) is 29.2 Å². The van der Waals surface area contributed by atoms with E-state index in [1.807, 2.05) is 6.08 Å². The molecule has 2 rings (SSSR count). The molecule has 0 aliphatic heterocycles. The molecule has 5 nitrogen and oxygen atoms in total. The van der Waals surface area contributed by atoms with Crippen molar-refractivity contribution in [2.24, 2.45) is 11.8 Å². The van der Waals surface area contributed by atoms with Crippen LogP contribution in [-0.2, 0) is 4.74 Å². The first-order valence-electron chi connectivity index (χ1n) is 10.8. The molecule has 1 aromatic rings. The summed E-state index contributed by atoms with van der Waals surface area (Å²) in [5.41, 5.74) is 0. The fraction of sp³-hybridized carbons (Fsp3) is 0.609. The van der Waals surface area contributed by atoms with E-state index < -0.39 is 6.09 Å². The third kappa shape index (κ3) is 10.7. The molecule has 0 unspecified atom stereocenters. The lowest BCUT2D eigenvalue weighted by Gasteiger charge is -2.28. The molecule has 0 saturated heterocycles. The van der Waals surface area contributed by atoms with Crippen molar-refractivity contribution in [2.45, 2.75) is 44.9 Å². The number of nitrogens with one attached hydrogen (secondary N) is 2. The number of carbonyl (C=O) groups excluding carboxylic acids is 1. The van der Waals surface area contributed by atoms with Crippen LogP contribution in [0, 0.1) is 11.8 Å². The van der Waals surface area contributed by atoms with Crippen molar-refractivity contribution in [3.05, 3.63) is 41.9 Å². The van der Waals surface area contributed by atoms with Crippen molar-refractivity contribution in [2.75, 3.05) is 32.8 Å². The Morgan fingerprint density at radius 1 is 1.10 bits per heavy atom. The lowest BCUT2D eigenvalue weighted by atomic mass is 9.82. The van der Waals surface area contributed by atoms with Gasteiger partial charge in [0.2, 0.25) is 0 Å². The molecule has 1 aliphatic carbocycles. The topological polar surface area (TPSA) is 59.6 Å². The molecule has 6 heteroatoms. The highest BCUT2D eigenvalue weighted by atomic mass is 35.5. The van der Waals surface area contributed by atoms with Gasteiger partial charge in [0.1, 0.15) is 5.75 Å². The van der Waals surface area contributed by atoms with E-state index in [-0.39, 0.29) is 0 Å². The second-order valence-corrected chi connectivity index (χ2v) is 8.16. The lowest BCUT2D eigenvalue weighted by molar-refractivity contribution is 0.0754. The molecule has 29 heavy (non-hydrogen) atoms. The van der Waals surface area contributed by atoms with Crippen LogP contribution in [0.1, 0.15) is 44.9 Å². The Morgan fingerprint density at radius 3 is 2.55 bits per heavy atom. The SMILES string of the molecule is C=CCCNCCCCOC[C@H]1CC[C@H](CNC(=O)Oc2ccc(Cl)cc2)CC1. The Bertz CT molecular complexity index is 586. The van der Waals surface area contributed by atoms with Crippen LogP contribution in [0.2, 0.25) is 5.02 Å². The molecule has 1 aliphatic rings. The average molecular weight is 423 g/mol. The van der Waals surface area contributed by atoms with Crippen molar-refractivity contribution in [3.63, 3.8) is 0 Å². The fourth-order valence-corrected chi connectivity index (χ4v) is 3.63. The maximum absolute atomic E-state index is 11.9. The summed E-state index contributed by atoms with van der Waals surface area (Å²) < 4.78 is 11.1. The van der Waals surface area contributed by atoms with Crippen LogP contribution < -0.4 is 15.4 Å². The van der Waals surface area contributed by atoms with Gasteiger partial charge in [-0.3, -0.25) is 0 Å². The predicted octanol–water partition coefficient (Wildman–Crippen LogP) is 5.20. The molecule has 0 spiro atoms. The maximum atomic E-state index is 11.9. The number of amides is 1. The van der Waals surface area contributed by atoms with Crippen LogP contribution in [0.4, 0.5) is 4.79 Å². The quantitative estimate of drug-likeness (QED) is 0.339. The summed E-state index contributed by atoms with van der Waals surface area (Å²) in [5.74, 6) is 1.67. The van der Waals surface area contributed by atoms with Gasteiger partial charge in [-0.25, -0.2) is 4.79 Å². The minimum absolute atomic E-state index is 0.406. The Kier molecular flexibility index (Phi) is 11.8. The van der Waals surface area contributed by atoms with Crippen LogP contribution in [0.25, 0.3) is 0 Å². The van der Waals surface area contributed by atoms with Gasteiger partial charge in [-0.1, -0.05) is 17.7 Å². The third-order valence-electron chi connectivity index (χ3n) is 5.30. The number of hydrogen-bond donors (Lipinski definition) is 2. The Hall–Kier alpha value is -1.56. The Labute approximate surface area is 180 Å². The van der Waals surface area contributed by atoms with Crippen LogP contribution in [-0.4, -0.2) is 38.9 Å². The molecule has 1 aromatic carbocycles. The summed E-state index contributed by atoms with van der Waals surface area (Å²) >= 11 is 5.83. The van der Waals surface area contributed by atoms with Gasteiger partial charge in [-0.15, -0.1) is 6.58 Å². The highest BCUT2D eigenvalue weighted by molar-refractivity contribution is 6.30. The van der Waals surface area contributed by atoms with Crippen LogP contribution >= 0.6 is 11.6 Å². The molecule has 0 atom stereocenters. The summed E-state index contributed by atoms with van der Waals surface area (Å²) in [4.78, 5) is 11.9. The number of benzene rings is 1. The average Bonchev–Trinajstić information content (AvgIpc) is 2.73. The van der Waals surface area contributed by atoms with Crippen molar-refractivity contribution < 1.29 is 14.3 Å². The van der Waals surface area contributed by atoms with Crippen LogP contribution in [0.15, 0.2) is 36.9 Å². The van der Waals surface area contributed by atoms with E-state index in [9.17, 15) is 4.79 Å². The van der Waals surface area contributed by atoms with Gasteiger partial charge >= 0.3 is 6.09 Å². The molecule has 0 radical (unpaired) electrons. The molecule has 0 heterocycles. The molecular formula is C23H35ClN2O3. The van der Waals surface area contributed by atoms with E-state index in [4.69, 9.17) is 21.1 Å². The number of hydrogen-bond acceptors (Lipinski definition) is 4. The van der Waals surface area contributed by atoms with Gasteiger partial charge in [0.15, 0.2) is 0 Å². The third-order valence-corrected chi connectivity index (χ3v) is 5.55. The number of unbranched alkanes of at least 4 members (excludes halogenated alkanes) is 1. The van der Waals surface area contributed by atoms with Crippen molar-refractivity contribution in [1.29, 1.82) is 0 Å². The molecule has 1 fully saturated rings. The number of ether oxygens (including phenoxy) is 2. The van der Waals surface area contributed by atoms with Gasteiger partial charge in [-0.2, -0.15) is 0 Å². The lowest BCUT2D eigenvalue weighted by Crippen LogP contribution is -2.33. The standard InChI is InChI=1S/C23H35ClN2O3/c1-2-3-14-25-15-4-5-16-28-18-20-8-6-19(7-9-20)17-26-23(27)29-22-12-10-21(24)11-13-22/h2,10-13,19-20,25H,1,3-9,14-18H2,(H,26,27)/t19-,20-. The smallest absolute Gasteiger partial charge is 0.410 e. The molecule has 1 amide bonds. The highest BCUT2D eigenvalue weighted by Gasteiger charge is 2.22. The van der Waals surface area contributed by atoms with E-state index in [1.165, 1.54) is 12.8 Å². The van der Waals surface area contributed by atoms with Crippen molar-refractivity contribution >= 4 is 17.7 Å². The second-order valence-electron chi connectivity index (χ2n) is 7.72. The Balaban J connectivity index is 1.46. The zero-order valence-corrected chi connectivity index (χ0v) is 18.1. The Morgan fingerprint density at radius 2 is 1.83 bits per heavy atom. The van der Waals surface area contributed by atoms with E-state index in [2.05, 4.69) is 17.2 Å². The molecule has 0 bridgehead atoms. The van der Waals surface area contributed by atoms with Gasteiger partial charge in [0, 0.05) is 24.8 Å². The van der Waals surface area contributed by atoms with Gasteiger partial charge in [-0.05, 0) is 94.1 Å².